The van der Waals surface area contributed by atoms with Gasteiger partial charge in [0.25, 0.3) is 6.43 Å². The lowest BCUT2D eigenvalue weighted by Gasteiger charge is -2.47. The lowest BCUT2D eigenvalue weighted by molar-refractivity contribution is -0.463. The Morgan fingerprint density at radius 1 is 0.553 bits per heavy atom. The summed E-state index contributed by atoms with van der Waals surface area (Å²) in [6.07, 6.45) is -37.3. The maximum absolute atomic E-state index is 14.2. The summed E-state index contributed by atoms with van der Waals surface area (Å²) in [6.45, 7) is 0. The van der Waals surface area contributed by atoms with Crippen LogP contribution in [0.25, 0.3) is 0 Å². The van der Waals surface area contributed by atoms with E-state index in [0.29, 0.717) is 0 Å². The molecule has 0 aliphatic carbocycles. The molecule has 0 nitrogen and oxygen atoms in total. The highest BCUT2D eigenvalue weighted by atomic mass is 35.5. The minimum absolute atomic E-state index is 1.54. The topological polar surface area (TPSA) is 0 Å². The summed E-state index contributed by atoms with van der Waals surface area (Å²) >= 11 is 4.28. The molecule has 0 aliphatic rings. The molecule has 0 aromatic heterocycles. The molecule has 228 valence electrons. The van der Waals surface area contributed by atoms with Crippen molar-refractivity contribution in [1.29, 1.82) is 0 Å². The van der Waals surface area contributed by atoms with Crippen molar-refractivity contribution in [3.63, 3.8) is 0 Å². The third-order valence-corrected chi connectivity index (χ3v) is 4.86. The fraction of sp³-hybridized carbons (Fsp3) is 0.857. The van der Waals surface area contributed by atoms with Crippen molar-refractivity contribution >= 4 is 11.6 Å². The Kier molecular flexibility index (Phi) is 9.40. The van der Waals surface area contributed by atoms with Crippen molar-refractivity contribution in [1.82, 2.24) is 0 Å². The number of alkyl halides is 22. The van der Waals surface area contributed by atoms with Crippen LogP contribution in [-0.4, -0.2) is 72.1 Å². The third kappa shape index (κ3) is 4.60. The lowest BCUT2D eigenvalue weighted by Crippen LogP contribution is -2.79. The van der Waals surface area contributed by atoms with Crippen LogP contribution >= 0.6 is 11.6 Å². The predicted octanol–water partition coefficient (Wildman–Crippen LogP) is 8.70. The quantitative estimate of drug-likeness (QED) is 0.209. The Hall–Kier alpha value is -1.58. The van der Waals surface area contributed by atoms with Crippen molar-refractivity contribution < 1.29 is 101 Å². The number of hydrogen-bond donors (Lipinski definition) is 0. The summed E-state index contributed by atoms with van der Waals surface area (Å²) in [5.41, 5.74) is -17.7. The first-order valence-corrected chi connectivity index (χ1v) is 8.54. The average molecular weight is 645 g/mol. The first-order valence-electron chi connectivity index (χ1n) is 8.16. The van der Waals surface area contributed by atoms with Crippen molar-refractivity contribution in [3.8, 4) is 0 Å². The van der Waals surface area contributed by atoms with E-state index in [4.69, 9.17) is 0 Å². The zero-order valence-corrected chi connectivity index (χ0v) is 17.1. The zero-order valence-electron chi connectivity index (χ0n) is 16.4. The molecule has 0 heterocycles. The summed E-state index contributed by atoms with van der Waals surface area (Å²) in [6, 6.07) is 0. The second-order valence-electron chi connectivity index (χ2n) is 6.91. The molecule has 0 fully saturated rings. The molecule has 0 aromatic rings. The van der Waals surface area contributed by atoms with Gasteiger partial charge in [-0.3, -0.25) is 0 Å². The van der Waals surface area contributed by atoms with Gasteiger partial charge in [0.1, 0.15) is 6.33 Å². The van der Waals surface area contributed by atoms with Crippen molar-refractivity contribution in [2.24, 2.45) is 0 Å². The van der Waals surface area contributed by atoms with Crippen LogP contribution in [0.3, 0.4) is 0 Å². The van der Waals surface area contributed by atoms with Gasteiger partial charge in [-0.2, -0.15) is 70.2 Å². The Morgan fingerprint density at radius 3 is 1.16 bits per heavy atom. The summed E-state index contributed by atoms with van der Waals surface area (Å²) in [5, 5.41) is -2.74. The van der Waals surface area contributed by atoms with E-state index in [9.17, 15) is 101 Å². The van der Waals surface area contributed by atoms with E-state index >= 15 is 0 Å². The smallest absolute Gasteiger partial charge is 0.234 e. The molecule has 0 saturated carbocycles. The average Bonchev–Trinajstić information content (AvgIpc) is 2.73. The monoisotopic (exact) mass is 644 g/mol. The van der Waals surface area contributed by atoms with Gasteiger partial charge in [0.15, 0.2) is 0 Å². The summed E-state index contributed by atoms with van der Waals surface area (Å²) in [7, 11) is 0. The first-order chi connectivity index (χ1) is 16.2. The number of rotatable bonds is 10. The molecule has 3 unspecified atom stereocenters. The second-order valence-corrected chi connectivity index (χ2v) is 7.34. The van der Waals surface area contributed by atoms with E-state index in [1.54, 1.807) is 0 Å². The van der Waals surface area contributed by atoms with Crippen LogP contribution in [0.2, 0.25) is 0 Å². The van der Waals surface area contributed by atoms with E-state index in [2.05, 4.69) is 11.6 Å². The molecule has 0 saturated heterocycles. The van der Waals surface area contributed by atoms with Gasteiger partial charge in [0.2, 0.25) is 12.3 Å². The van der Waals surface area contributed by atoms with Gasteiger partial charge in [-0.25, -0.2) is 30.7 Å². The summed E-state index contributed by atoms with van der Waals surface area (Å²) < 4.78 is 304. The Morgan fingerprint density at radius 2 is 0.895 bits per heavy atom. The minimum atomic E-state index is -9.37. The lowest BCUT2D eigenvalue weighted by atomic mass is 9.77. The van der Waals surface area contributed by atoms with Gasteiger partial charge in [0.05, 0.1) is 5.03 Å². The fourth-order valence-corrected chi connectivity index (χ4v) is 2.59. The maximum Gasteiger partial charge on any atom is 0.438 e. The molecule has 24 heteroatoms. The fourth-order valence-electron chi connectivity index (χ4n) is 2.44. The van der Waals surface area contributed by atoms with Crippen LogP contribution in [0.5, 0.6) is 0 Å². The molecular formula is C14H4ClF23. The van der Waals surface area contributed by atoms with Gasteiger partial charge < -0.3 is 0 Å². The molecule has 0 aromatic carbocycles. The predicted molar refractivity (Wildman–Crippen MR) is 75.4 cm³/mol. The van der Waals surface area contributed by atoms with Crippen LogP contribution in [0, 0.1) is 0 Å². The van der Waals surface area contributed by atoms with E-state index in [0.717, 1.165) is 0 Å². The summed E-state index contributed by atoms with van der Waals surface area (Å²) in [5.74, 6) is -43.4. The molecule has 0 amide bonds. The van der Waals surface area contributed by atoms with E-state index in [1.807, 2.05) is 0 Å². The molecule has 0 bridgehead atoms. The maximum atomic E-state index is 14.2. The Balaban J connectivity index is 7.51. The highest BCUT2D eigenvalue weighted by molar-refractivity contribution is 6.30. The zero-order chi connectivity index (χ0) is 31.5. The largest absolute Gasteiger partial charge is 0.438 e. The van der Waals surface area contributed by atoms with Crippen LogP contribution in [0.1, 0.15) is 0 Å². The molecular weight excluding hydrogens is 641 g/mol. The molecule has 0 aliphatic heterocycles. The number of allylic oxidation sites excluding steroid dienone is 1. The van der Waals surface area contributed by atoms with Gasteiger partial charge in [0, 0.05) is 0 Å². The van der Waals surface area contributed by atoms with Gasteiger partial charge >= 0.3 is 53.3 Å². The van der Waals surface area contributed by atoms with Crippen LogP contribution in [-0.2, 0) is 0 Å². The summed E-state index contributed by atoms with van der Waals surface area (Å²) in [4.78, 5) is 0. The first kappa shape index (κ1) is 36.4. The minimum Gasteiger partial charge on any atom is -0.234 e. The van der Waals surface area contributed by atoms with E-state index in [-0.39, 0.29) is 0 Å². The molecule has 38 heavy (non-hydrogen) atoms. The molecule has 0 N–H and O–H groups in total. The molecule has 0 radical (unpaired) electrons. The number of hydrogen-bond acceptors (Lipinski definition) is 0. The van der Waals surface area contributed by atoms with Gasteiger partial charge in [-0.15, -0.1) is 0 Å². The standard InChI is InChI=1S/C14H4ClF23/c15-2(1-16)3(17)6(21,22)4(18)8(24,25)7(23,5(19)20)10(27,28)12(31,32)11(29,30)9(26,13(33,34)35)14(36,37)38/h1,3-5H. The van der Waals surface area contributed by atoms with Gasteiger partial charge in [-0.1, -0.05) is 11.6 Å². The molecule has 3 atom stereocenters. The van der Waals surface area contributed by atoms with Crippen LogP contribution in [0.4, 0.5) is 101 Å². The SMILES string of the molecule is FC=C(Cl)C(F)C(F)(F)C(F)C(F)(F)C(F)(C(F)F)C(F)(F)C(F)(F)C(F)(F)C(F)(C(F)(F)F)C(F)(F)F. The Bertz CT molecular complexity index is 852. The normalized spacial score (nSPS) is 19.4. The Labute approximate surface area is 197 Å². The van der Waals surface area contributed by atoms with Crippen molar-refractivity contribution in [2.45, 2.75) is 72.1 Å². The highest BCUT2D eigenvalue weighted by Crippen LogP contribution is 2.66. The second kappa shape index (κ2) is 9.81. The van der Waals surface area contributed by atoms with E-state index < -0.39 is 83.4 Å². The van der Waals surface area contributed by atoms with Crippen molar-refractivity contribution in [2.75, 3.05) is 0 Å². The van der Waals surface area contributed by atoms with Crippen LogP contribution in [0.15, 0.2) is 11.4 Å². The van der Waals surface area contributed by atoms with Crippen LogP contribution < -0.4 is 0 Å². The molecule has 0 rings (SSSR count). The molecule has 0 spiro atoms. The van der Waals surface area contributed by atoms with E-state index in [1.165, 1.54) is 0 Å². The highest BCUT2D eigenvalue weighted by Gasteiger charge is 2.98. The number of halogens is 24. The third-order valence-electron chi connectivity index (χ3n) is 4.59. The van der Waals surface area contributed by atoms with Gasteiger partial charge in [-0.05, 0) is 0 Å². The van der Waals surface area contributed by atoms with Crippen molar-refractivity contribution in [3.05, 3.63) is 11.4 Å².